The van der Waals surface area contributed by atoms with Gasteiger partial charge in [-0.2, -0.15) is 5.10 Å². The van der Waals surface area contributed by atoms with E-state index in [1.807, 2.05) is 57.2 Å². The molecule has 0 saturated heterocycles. The number of rotatable bonds is 6. The van der Waals surface area contributed by atoms with E-state index >= 15 is 0 Å². The number of para-hydroxylation sites is 1. The summed E-state index contributed by atoms with van der Waals surface area (Å²) >= 11 is 0. The number of aromatic amines is 1. The van der Waals surface area contributed by atoms with Crippen molar-refractivity contribution in [3.05, 3.63) is 60.3 Å². The molecule has 2 N–H and O–H groups in total. The van der Waals surface area contributed by atoms with Crippen molar-refractivity contribution < 1.29 is 14.3 Å². The van der Waals surface area contributed by atoms with Gasteiger partial charge in [0.1, 0.15) is 11.4 Å². The number of H-pyrrole nitrogens is 1. The van der Waals surface area contributed by atoms with Crippen LogP contribution < -0.4 is 10.1 Å². The van der Waals surface area contributed by atoms with E-state index in [0.717, 1.165) is 27.8 Å². The number of hydrogen-bond donors (Lipinski definition) is 2. The molecule has 4 aromatic rings. The molecule has 0 aliphatic heterocycles. The Bertz CT molecular complexity index is 1430. The number of benzene rings is 2. The molecule has 8 nitrogen and oxygen atoms in total. The number of nitrogens with zero attached hydrogens (tertiary/aromatic N) is 3. The number of amides is 2. The van der Waals surface area contributed by atoms with E-state index in [0.29, 0.717) is 29.1 Å². The minimum Gasteiger partial charge on any atom is -0.496 e. The maximum absolute atomic E-state index is 13.0. The topological polar surface area (TPSA) is 100 Å². The summed E-state index contributed by atoms with van der Waals surface area (Å²) < 4.78 is 5.52. The van der Waals surface area contributed by atoms with Crippen LogP contribution in [0, 0.1) is 5.41 Å². The summed E-state index contributed by atoms with van der Waals surface area (Å²) in [4.78, 5) is 31.7. The van der Waals surface area contributed by atoms with Crippen LogP contribution in [0.3, 0.4) is 0 Å². The molecule has 4 rings (SSSR count). The van der Waals surface area contributed by atoms with Crippen molar-refractivity contribution in [3.8, 4) is 28.1 Å². The number of carbonyl (C=O) groups is 2. The van der Waals surface area contributed by atoms with Crippen LogP contribution in [0.25, 0.3) is 33.4 Å². The van der Waals surface area contributed by atoms with E-state index in [-0.39, 0.29) is 17.2 Å². The average Bonchev–Trinajstić information content (AvgIpc) is 3.25. The third-order valence-electron chi connectivity index (χ3n) is 5.73. The van der Waals surface area contributed by atoms with E-state index < -0.39 is 0 Å². The number of ether oxygens (including phenoxy) is 1. The summed E-state index contributed by atoms with van der Waals surface area (Å²) in [5.41, 5.74) is 4.58. The zero-order valence-electron chi connectivity index (χ0n) is 21.5. The number of nitrogens with one attached hydrogen (secondary N) is 2. The van der Waals surface area contributed by atoms with Crippen LogP contribution in [0.5, 0.6) is 5.75 Å². The second kappa shape index (κ2) is 9.81. The molecule has 0 saturated carbocycles. The Labute approximate surface area is 210 Å². The molecule has 0 unspecified atom stereocenters. The van der Waals surface area contributed by atoms with Crippen molar-refractivity contribution in [2.75, 3.05) is 26.5 Å². The Morgan fingerprint density at radius 3 is 2.50 bits per heavy atom. The van der Waals surface area contributed by atoms with E-state index in [1.54, 1.807) is 39.5 Å². The van der Waals surface area contributed by atoms with Gasteiger partial charge in [0, 0.05) is 43.2 Å². The lowest BCUT2D eigenvalue weighted by Gasteiger charge is -2.20. The Kier molecular flexibility index (Phi) is 6.79. The molecule has 36 heavy (non-hydrogen) atoms. The molecule has 2 aromatic carbocycles. The highest BCUT2D eigenvalue weighted by atomic mass is 16.5. The number of pyridine rings is 1. The lowest BCUT2D eigenvalue weighted by molar-refractivity contribution is -0.117. The molecule has 2 aromatic heterocycles. The van der Waals surface area contributed by atoms with E-state index in [1.165, 1.54) is 4.90 Å². The van der Waals surface area contributed by atoms with Gasteiger partial charge in [0.2, 0.25) is 5.91 Å². The Balaban J connectivity index is 1.77. The van der Waals surface area contributed by atoms with Crippen LogP contribution in [0.15, 0.2) is 54.7 Å². The van der Waals surface area contributed by atoms with Crippen LogP contribution in [0.1, 0.15) is 37.6 Å². The van der Waals surface area contributed by atoms with Gasteiger partial charge in [-0.15, -0.1) is 0 Å². The minimum absolute atomic E-state index is 0.133. The van der Waals surface area contributed by atoms with Gasteiger partial charge < -0.3 is 15.0 Å². The van der Waals surface area contributed by atoms with E-state index in [2.05, 4.69) is 20.5 Å². The smallest absolute Gasteiger partial charge is 0.255 e. The first kappa shape index (κ1) is 24.9. The molecular weight excluding hydrogens is 454 g/mol. The first-order valence-corrected chi connectivity index (χ1v) is 11.7. The fraction of sp³-hybridized carbons (Fsp3) is 0.286. The maximum atomic E-state index is 13.0. The summed E-state index contributed by atoms with van der Waals surface area (Å²) in [6.45, 7) is 6.00. The molecule has 0 radical (unpaired) electrons. The minimum atomic E-state index is -0.199. The third-order valence-corrected chi connectivity index (χ3v) is 5.73. The van der Waals surface area contributed by atoms with E-state index in [4.69, 9.17) is 4.74 Å². The molecule has 8 heteroatoms. The largest absolute Gasteiger partial charge is 0.496 e. The van der Waals surface area contributed by atoms with Crippen molar-refractivity contribution >= 4 is 28.5 Å². The molecule has 0 bridgehead atoms. The Hall–Kier alpha value is -4.20. The number of aromatic nitrogens is 3. The van der Waals surface area contributed by atoms with Gasteiger partial charge in [-0.1, -0.05) is 39.0 Å². The van der Waals surface area contributed by atoms with Crippen LogP contribution in [0.4, 0.5) is 5.69 Å². The summed E-state index contributed by atoms with van der Waals surface area (Å²) in [6.07, 6.45) is 2.08. The standard InChI is InChI=1S/C28H31N5O3/c1-28(2,3)15-24(34)30-22-12-11-17(13-20(22)27(35)33(4)5)18-14-21-25(31-32-26(21)29-16-18)19-9-7-8-10-23(19)36-6/h7-14,16H,15H2,1-6H3,(H,30,34)(H,29,31,32). The predicted molar refractivity (Wildman–Crippen MR) is 142 cm³/mol. The fourth-order valence-corrected chi connectivity index (χ4v) is 4.03. The van der Waals surface area contributed by atoms with Gasteiger partial charge in [-0.05, 0) is 41.3 Å². The van der Waals surface area contributed by atoms with Crippen molar-refractivity contribution in [2.24, 2.45) is 5.41 Å². The van der Waals surface area contributed by atoms with Crippen molar-refractivity contribution in [1.82, 2.24) is 20.1 Å². The quantitative estimate of drug-likeness (QED) is 0.382. The average molecular weight is 486 g/mol. The lowest BCUT2D eigenvalue weighted by Crippen LogP contribution is -2.25. The lowest BCUT2D eigenvalue weighted by atomic mass is 9.92. The van der Waals surface area contributed by atoms with Gasteiger partial charge in [-0.3, -0.25) is 14.7 Å². The highest BCUT2D eigenvalue weighted by Crippen LogP contribution is 2.35. The van der Waals surface area contributed by atoms with Crippen molar-refractivity contribution in [3.63, 3.8) is 0 Å². The highest BCUT2D eigenvalue weighted by Gasteiger charge is 2.21. The zero-order valence-corrected chi connectivity index (χ0v) is 21.5. The molecule has 2 amide bonds. The van der Waals surface area contributed by atoms with Gasteiger partial charge in [0.05, 0.1) is 18.4 Å². The Morgan fingerprint density at radius 1 is 1.06 bits per heavy atom. The number of hydrogen-bond acceptors (Lipinski definition) is 5. The summed E-state index contributed by atoms with van der Waals surface area (Å²) in [7, 11) is 5.01. The molecule has 0 spiro atoms. The summed E-state index contributed by atoms with van der Waals surface area (Å²) in [6, 6.07) is 15.1. The van der Waals surface area contributed by atoms with Gasteiger partial charge >= 0.3 is 0 Å². The van der Waals surface area contributed by atoms with E-state index in [9.17, 15) is 9.59 Å². The van der Waals surface area contributed by atoms with Crippen LogP contribution in [-0.2, 0) is 4.79 Å². The SMILES string of the molecule is COc1ccccc1-c1n[nH]c2ncc(-c3ccc(NC(=O)CC(C)(C)C)c(C(=O)N(C)C)c3)cc12. The number of anilines is 1. The summed E-state index contributed by atoms with van der Waals surface area (Å²) in [5, 5.41) is 11.2. The third kappa shape index (κ3) is 5.22. The number of fused-ring (bicyclic) bond motifs is 1. The van der Waals surface area contributed by atoms with Crippen molar-refractivity contribution in [1.29, 1.82) is 0 Å². The molecule has 0 aliphatic rings. The van der Waals surface area contributed by atoms with Gasteiger partial charge in [-0.25, -0.2) is 4.98 Å². The molecule has 0 aliphatic carbocycles. The molecule has 0 atom stereocenters. The monoisotopic (exact) mass is 485 g/mol. The van der Waals surface area contributed by atoms with Crippen LogP contribution >= 0.6 is 0 Å². The van der Waals surface area contributed by atoms with Crippen LogP contribution in [0.2, 0.25) is 0 Å². The molecule has 2 heterocycles. The number of methoxy groups -OCH3 is 1. The second-order valence-corrected chi connectivity index (χ2v) is 10.1. The second-order valence-electron chi connectivity index (χ2n) is 10.1. The van der Waals surface area contributed by atoms with Gasteiger partial charge in [0.25, 0.3) is 5.91 Å². The van der Waals surface area contributed by atoms with Gasteiger partial charge in [0.15, 0.2) is 5.65 Å². The van der Waals surface area contributed by atoms with Crippen molar-refractivity contribution in [2.45, 2.75) is 27.2 Å². The highest BCUT2D eigenvalue weighted by molar-refractivity contribution is 6.05. The maximum Gasteiger partial charge on any atom is 0.255 e. The first-order chi connectivity index (χ1) is 17.1. The molecule has 0 fully saturated rings. The normalized spacial score (nSPS) is 11.4. The number of carbonyl (C=O) groups excluding carboxylic acids is 2. The molecular formula is C28H31N5O3. The first-order valence-electron chi connectivity index (χ1n) is 11.7. The predicted octanol–water partition coefficient (Wildman–Crippen LogP) is 5.38. The Morgan fingerprint density at radius 2 is 1.81 bits per heavy atom. The zero-order chi connectivity index (χ0) is 26.0. The summed E-state index contributed by atoms with van der Waals surface area (Å²) in [5.74, 6) is 0.381. The fourth-order valence-electron chi connectivity index (χ4n) is 4.03. The van der Waals surface area contributed by atoms with Crippen LogP contribution in [-0.4, -0.2) is 53.1 Å². The molecule has 186 valence electrons.